The topological polar surface area (TPSA) is 59.3 Å². The molecule has 0 atom stereocenters. The molecular formula is C22H20F3NO3. The second kappa shape index (κ2) is 8.39. The Bertz CT molecular complexity index is 963. The molecule has 7 heteroatoms. The molecule has 2 aromatic carbocycles. The Hall–Kier alpha value is -3.27. The fourth-order valence-corrected chi connectivity index (χ4v) is 2.68. The van der Waals surface area contributed by atoms with Crippen LogP contribution < -0.4 is 0 Å². The van der Waals surface area contributed by atoms with E-state index in [4.69, 9.17) is 4.74 Å². The predicted molar refractivity (Wildman–Crippen MR) is 103 cm³/mol. The Morgan fingerprint density at radius 3 is 2.07 bits per heavy atom. The van der Waals surface area contributed by atoms with Crippen LogP contribution in [0.25, 0.3) is 11.3 Å². The van der Waals surface area contributed by atoms with E-state index in [0.717, 1.165) is 24.8 Å². The molecular weight excluding hydrogens is 383 g/mol. The van der Waals surface area contributed by atoms with E-state index in [9.17, 15) is 23.2 Å². The maximum atomic E-state index is 13.5. The quantitative estimate of drug-likeness (QED) is 0.266. The zero-order valence-corrected chi connectivity index (χ0v) is 16.4. The molecule has 152 valence electrons. The van der Waals surface area contributed by atoms with E-state index in [1.807, 2.05) is 26.8 Å². The third kappa shape index (κ3) is 5.17. The summed E-state index contributed by atoms with van der Waals surface area (Å²) in [4.78, 5) is 11.7. The van der Waals surface area contributed by atoms with Gasteiger partial charge in [0.05, 0.1) is 12.7 Å². The van der Waals surface area contributed by atoms with Gasteiger partial charge >= 0.3 is 12.3 Å². The number of halogens is 3. The molecule has 4 nitrogen and oxygen atoms in total. The van der Waals surface area contributed by atoms with Crippen molar-refractivity contribution in [2.24, 2.45) is 0 Å². The number of carbonyl (C=O) groups is 1. The van der Waals surface area contributed by atoms with Crippen molar-refractivity contribution in [3.63, 3.8) is 0 Å². The summed E-state index contributed by atoms with van der Waals surface area (Å²) in [7, 11) is 1.03. The van der Waals surface area contributed by atoms with Gasteiger partial charge in [-0.2, -0.15) is 18.4 Å². The Balaban J connectivity index is 2.75. The maximum absolute atomic E-state index is 13.5. The van der Waals surface area contributed by atoms with Crippen molar-refractivity contribution in [1.82, 2.24) is 0 Å². The number of nitrogens with zero attached hydrogens (tertiary/aromatic N) is 1. The predicted octanol–water partition coefficient (Wildman–Crippen LogP) is 6.18. The molecule has 0 saturated heterocycles. The number of nitriles is 1. The van der Waals surface area contributed by atoms with Gasteiger partial charge in [-0.25, -0.2) is 4.79 Å². The van der Waals surface area contributed by atoms with Gasteiger partial charge in [-0.15, -0.1) is 0 Å². The number of rotatable bonds is 3. The maximum Gasteiger partial charge on any atom is 0.513 e. The largest absolute Gasteiger partial charge is 0.513 e. The minimum absolute atomic E-state index is 0.150. The van der Waals surface area contributed by atoms with Crippen LogP contribution in [0.4, 0.5) is 18.0 Å². The molecule has 0 spiro atoms. The average Bonchev–Trinajstić information content (AvgIpc) is 2.66. The number of carbonyl (C=O) groups excluding carboxylic acids is 1. The van der Waals surface area contributed by atoms with Gasteiger partial charge in [-0.1, -0.05) is 63.2 Å². The molecule has 0 aliphatic heterocycles. The van der Waals surface area contributed by atoms with Gasteiger partial charge in [0.2, 0.25) is 0 Å². The van der Waals surface area contributed by atoms with Crippen LogP contribution in [-0.2, 0) is 21.1 Å². The Morgan fingerprint density at radius 2 is 1.59 bits per heavy atom. The third-order valence-corrected chi connectivity index (χ3v) is 4.21. The number of benzene rings is 2. The molecule has 0 aromatic heterocycles. The van der Waals surface area contributed by atoms with Gasteiger partial charge < -0.3 is 9.47 Å². The summed E-state index contributed by atoms with van der Waals surface area (Å²) in [5.41, 5.74) is -0.531. The van der Waals surface area contributed by atoms with Crippen molar-refractivity contribution in [3.8, 4) is 6.07 Å². The zero-order chi connectivity index (χ0) is 21.8. The van der Waals surface area contributed by atoms with Crippen LogP contribution in [-0.4, -0.2) is 13.3 Å². The van der Waals surface area contributed by atoms with Crippen LogP contribution in [0.1, 0.15) is 43.0 Å². The fraction of sp³-hybridized carbons (Fsp3) is 0.273. The third-order valence-electron chi connectivity index (χ3n) is 4.21. The molecule has 0 saturated carbocycles. The summed E-state index contributed by atoms with van der Waals surface area (Å²) in [5.74, 6) is -0.518. The van der Waals surface area contributed by atoms with Crippen molar-refractivity contribution in [2.45, 2.75) is 32.4 Å². The standard InChI is InChI=1S/C22H20F3NO3/c1-21(2,3)15-11-9-14(10-12-15)17(13-26)19(29-20(27)28-4)16-7-5-6-8-18(16)22(23,24)25/h5-12H,1-4H3. The summed E-state index contributed by atoms with van der Waals surface area (Å²) in [5, 5.41) is 9.70. The van der Waals surface area contributed by atoms with Crippen LogP contribution in [0, 0.1) is 11.3 Å². The summed E-state index contributed by atoms with van der Waals surface area (Å²) < 4.78 is 50.0. The Morgan fingerprint density at radius 1 is 1.00 bits per heavy atom. The molecule has 0 aliphatic rings. The summed E-state index contributed by atoms with van der Waals surface area (Å²) in [6.45, 7) is 6.03. The molecule has 0 amide bonds. The molecule has 2 rings (SSSR count). The van der Waals surface area contributed by atoms with Crippen molar-refractivity contribution in [3.05, 3.63) is 70.8 Å². The van der Waals surface area contributed by atoms with E-state index in [1.54, 1.807) is 24.3 Å². The normalized spacial score (nSPS) is 12.6. The molecule has 2 aromatic rings. The summed E-state index contributed by atoms with van der Waals surface area (Å²) in [6.07, 6.45) is -5.94. The van der Waals surface area contributed by atoms with Crippen LogP contribution >= 0.6 is 0 Å². The molecule has 0 fully saturated rings. The highest BCUT2D eigenvalue weighted by atomic mass is 19.4. The van der Waals surface area contributed by atoms with Crippen LogP contribution in [0.3, 0.4) is 0 Å². The van der Waals surface area contributed by atoms with Gasteiger partial charge in [-0.3, -0.25) is 0 Å². The smallest absolute Gasteiger partial charge is 0.437 e. The lowest BCUT2D eigenvalue weighted by atomic mass is 9.86. The van der Waals surface area contributed by atoms with E-state index < -0.39 is 29.2 Å². The van der Waals surface area contributed by atoms with Gasteiger partial charge in [0.1, 0.15) is 11.6 Å². The molecule has 29 heavy (non-hydrogen) atoms. The zero-order valence-electron chi connectivity index (χ0n) is 16.4. The number of allylic oxidation sites excluding steroid dienone is 1. The molecule has 0 aliphatic carbocycles. The van der Waals surface area contributed by atoms with Gasteiger partial charge in [0.25, 0.3) is 0 Å². The molecule has 0 bridgehead atoms. The molecule has 0 unspecified atom stereocenters. The van der Waals surface area contributed by atoms with E-state index in [-0.39, 0.29) is 11.0 Å². The number of alkyl halides is 3. The summed E-state index contributed by atoms with van der Waals surface area (Å²) >= 11 is 0. The van der Waals surface area contributed by atoms with Gasteiger partial charge in [-0.05, 0) is 22.6 Å². The minimum Gasteiger partial charge on any atom is -0.437 e. The second-order valence-corrected chi connectivity index (χ2v) is 7.24. The second-order valence-electron chi connectivity index (χ2n) is 7.24. The fourth-order valence-electron chi connectivity index (χ4n) is 2.68. The number of hydrogen-bond acceptors (Lipinski definition) is 4. The first-order valence-corrected chi connectivity index (χ1v) is 8.66. The van der Waals surface area contributed by atoms with E-state index in [0.29, 0.717) is 5.56 Å². The van der Waals surface area contributed by atoms with Crippen molar-refractivity contribution in [1.29, 1.82) is 5.26 Å². The molecule has 0 N–H and O–H groups in total. The first-order chi connectivity index (χ1) is 13.5. The summed E-state index contributed by atoms with van der Waals surface area (Å²) in [6, 6.07) is 13.2. The molecule has 0 heterocycles. The first kappa shape index (κ1) is 22.0. The molecule has 0 radical (unpaired) electrons. The van der Waals surface area contributed by atoms with E-state index in [1.165, 1.54) is 12.1 Å². The lowest BCUT2D eigenvalue weighted by Gasteiger charge is -2.20. The lowest BCUT2D eigenvalue weighted by molar-refractivity contribution is -0.137. The highest BCUT2D eigenvalue weighted by Gasteiger charge is 2.35. The monoisotopic (exact) mass is 403 g/mol. The van der Waals surface area contributed by atoms with Crippen molar-refractivity contribution < 1.29 is 27.4 Å². The van der Waals surface area contributed by atoms with Gasteiger partial charge in [0, 0.05) is 5.56 Å². The van der Waals surface area contributed by atoms with Crippen LogP contribution in [0.5, 0.6) is 0 Å². The average molecular weight is 403 g/mol. The number of ether oxygens (including phenoxy) is 2. The Kier molecular flexibility index (Phi) is 6.38. The van der Waals surface area contributed by atoms with Crippen molar-refractivity contribution >= 4 is 17.5 Å². The van der Waals surface area contributed by atoms with E-state index >= 15 is 0 Å². The number of hydrogen-bond donors (Lipinski definition) is 0. The number of methoxy groups -OCH3 is 1. The van der Waals surface area contributed by atoms with Crippen LogP contribution in [0.15, 0.2) is 48.5 Å². The Labute approximate surface area is 167 Å². The highest BCUT2D eigenvalue weighted by Crippen LogP contribution is 2.38. The van der Waals surface area contributed by atoms with E-state index in [2.05, 4.69) is 4.74 Å². The first-order valence-electron chi connectivity index (χ1n) is 8.66. The van der Waals surface area contributed by atoms with Crippen molar-refractivity contribution in [2.75, 3.05) is 7.11 Å². The van der Waals surface area contributed by atoms with Crippen LogP contribution in [0.2, 0.25) is 0 Å². The highest BCUT2D eigenvalue weighted by molar-refractivity contribution is 5.97. The lowest BCUT2D eigenvalue weighted by Crippen LogP contribution is -2.13. The van der Waals surface area contributed by atoms with Gasteiger partial charge in [0.15, 0.2) is 5.76 Å². The SMILES string of the molecule is COC(=O)OC(=C(C#N)c1ccc(C(C)(C)C)cc1)c1ccccc1C(F)(F)F. The minimum atomic E-state index is -4.71.